The smallest absolute Gasteiger partial charge is 0.226 e. The van der Waals surface area contributed by atoms with E-state index in [0.29, 0.717) is 12.0 Å². The summed E-state index contributed by atoms with van der Waals surface area (Å²) in [6.07, 6.45) is 3.21. The molecule has 0 spiro atoms. The number of aromatic nitrogens is 1. The zero-order valence-corrected chi connectivity index (χ0v) is 13.5. The fourth-order valence-electron chi connectivity index (χ4n) is 4.46. The lowest BCUT2D eigenvalue weighted by Gasteiger charge is -2.45. The number of H-pyrrole nitrogens is 1. The molecule has 2 heterocycles. The van der Waals surface area contributed by atoms with Crippen molar-refractivity contribution in [2.24, 2.45) is 5.92 Å². The minimum absolute atomic E-state index is 0.0441. The van der Waals surface area contributed by atoms with E-state index in [9.17, 15) is 9.90 Å². The van der Waals surface area contributed by atoms with Gasteiger partial charge in [0.15, 0.2) is 0 Å². The highest BCUT2D eigenvalue weighted by atomic mass is 16.3. The third-order valence-corrected chi connectivity index (χ3v) is 5.45. The Morgan fingerprint density at radius 2 is 2.30 bits per heavy atom. The Morgan fingerprint density at radius 1 is 1.48 bits per heavy atom. The number of likely N-dealkylation sites (N-methyl/N-ethyl adjacent to an activating group) is 1. The second-order valence-electron chi connectivity index (χ2n) is 7.02. The van der Waals surface area contributed by atoms with Gasteiger partial charge in [-0.1, -0.05) is 12.1 Å². The Balaban J connectivity index is 1.69. The second-order valence-corrected chi connectivity index (χ2v) is 7.02. The van der Waals surface area contributed by atoms with E-state index >= 15 is 0 Å². The molecule has 2 aromatic rings. The summed E-state index contributed by atoms with van der Waals surface area (Å²) in [6, 6.07) is 6.87. The number of hydrogen-bond acceptors (Lipinski definition) is 3. The molecule has 1 aliphatic heterocycles. The summed E-state index contributed by atoms with van der Waals surface area (Å²) < 4.78 is 0. The molecule has 1 amide bonds. The van der Waals surface area contributed by atoms with Gasteiger partial charge in [-0.3, -0.25) is 4.79 Å². The van der Waals surface area contributed by atoms with Gasteiger partial charge in [-0.15, -0.1) is 0 Å². The largest absolute Gasteiger partial charge is 0.374 e. The average molecular weight is 313 g/mol. The van der Waals surface area contributed by atoms with Crippen LogP contribution in [-0.2, 0) is 11.2 Å². The van der Waals surface area contributed by atoms with Gasteiger partial charge in [0.25, 0.3) is 0 Å². The number of piperidine rings is 1. The van der Waals surface area contributed by atoms with E-state index in [1.54, 1.807) is 6.92 Å². The fraction of sp³-hybridized carbons (Fsp3) is 0.500. The molecule has 0 bridgehead atoms. The topological polar surface area (TPSA) is 68.4 Å². The van der Waals surface area contributed by atoms with Gasteiger partial charge >= 0.3 is 0 Å². The van der Waals surface area contributed by atoms with Crippen molar-refractivity contribution < 1.29 is 9.90 Å². The molecular weight excluding hydrogens is 290 g/mol. The highest BCUT2D eigenvalue weighted by Crippen LogP contribution is 2.44. The first-order valence-electron chi connectivity index (χ1n) is 8.32. The summed E-state index contributed by atoms with van der Waals surface area (Å²) in [5, 5.41) is 13.4. The van der Waals surface area contributed by atoms with E-state index in [2.05, 4.69) is 46.6 Å². The number of benzene rings is 1. The summed E-state index contributed by atoms with van der Waals surface area (Å²) in [7, 11) is 2.11. The molecule has 122 valence electrons. The minimum atomic E-state index is -0.795. The summed E-state index contributed by atoms with van der Waals surface area (Å²) in [6.45, 7) is 2.33. The number of nitrogens with one attached hydrogen (secondary N) is 2. The summed E-state index contributed by atoms with van der Waals surface area (Å²) in [5.41, 5.74) is 3.93. The van der Waals surface area contributed by atoms with Crippen LogP contribution in [0.1, 0.15) is 30.4 Å². The number of rotatable bonds is 2. The van der Waals surface area contributed by atoms with E-state index in [1.165, 1.54) is 22.0 Å². The number of carbonyl (C=O) groups is 1. The minimum Gasteiger partial charge on any atom is -0.374 e. The van der Waals surface area contributed by atoms with Gasteiger partial charge in [-0.2, -0.15) is 0 Å². The standard InChI is InChI=1S/C18H23N3O2/c1-10(22)20-18(23)12-6-14-13-4-3-5-15-17(13)11(8-19-15)7-16(14)21(2)9-12/h3-5,8,10,12,14,16,19,22H,6-7,9H2,1-2H3,(H,20,23). The summed E-state index contributed by atoms with van der Waals surface area (Å²) in [5.74, 6) is 0.245. The number of amides is 1. The van der Waals surface area contributed by atoms with Gasteiger partial charge in [0.2, 0.25) is 5.91 Å². The van der Waals surface area contributed by atoms with Gasteiger partial charge in [0.05, 0.1) is 5.92 Å². The Kier molecular flexibility index (Phi) is 3.43. The van der Waals surface area contributed by atoms with Crippen LogP contribution in [0.15, 0.2) is 24.4 Å². The van der Waals surface area contributed by atoms with E-state index in [-0.39, 0.29) is 11.8 Å². The lowest BCUT2D eigenvalue weighted by Crippen LogP contribution is -2.52. The molecule has 5 nitrogen and oxygen atoms in total. The third kappa shape index (κ3) is 2.35. The molecule has 4 atom stereocenters. The average Bonchev–Trinajstić information content (AvgIpc) is 2.92. The maximum absolute atomic E-state index is 12.4. The fourth-order valence-corrected chi connectivity index (χ4v) is 4.46. The van der Waals surface area contributed by atoms with Gasteiger partial charge in [-0.25, -0.2) is 0 Å². The van der Waals surface area contributed by atoms with Crippen LogP contribution in [-0.4, -0.2) is 46.8 Å². The number of aliphatic hydroxyl groups is 1. The van der Waals surface area contributed by atoms with E-state index < -0.39 is 6.23 Å². The number of aliphatic hydroxyl groups excluding tert-OH is 1. The van der Waals surface area contributed by atoms with Crippen molar-refractivity contribution in [1.29, 1.82) is 0 Å². The van der Waals surface area contributed by atoms with Gasteiger partial charge < -0.3 is 20.3 Å². The van der Waals surface area contributed by atoms with Crippen molar-refractivity contribution in [3.63, 3.8) is 0 Å². The van der Waals surface area contributed by atoms with Crippen LogP contribution in [0.2, 0.25) is 0 Å². The molecule has 1 aliphatic carbocycles. The highest BCUT2D eigenvalue weighted by molar-refractivity contribution is 5.88. The van der Waals surface area contributed by atoms with Gasteiger partial charge in [0, 0.05) is 35.6 Å². The maximum Gasteiger partial charge on any atom is 0.226 e. The van der Waals surface area contributed by atoms with Crippen LogP contribution in [0.5, 0.6) is 0 Å². The van der Waals surface area contributed by atoms with E-state index in [4.69, 9.17) is 0 Å². The SMILES string of the molecule is CC(O)NC(=O)C1CC2c3cccc4[nH]cc(c34)CC2N(C)C1. The van der Waals surface area contributed by atoms with Crippen molar-refractivity contribution in [3.05, 3.63) is 35.5 Å². The molecule has 5 heteroatoms. The van der Waals surface area contributed by atoms with Crippen molar-refractivity contribution in [2.45, 2.75) is 38.0 Å². The van der Waals surface area contributed by atoms with Crippen molar-refractivity contribution in [3.8, 4) is 0 Å². The summed E-state index contributed by atoms with van der Waals surface area (Å²) >= 11 is 0. The predicted molar refractivity (Wildman–Crippen MR) is 89.1 cm³/mol. The molecule has 1 aromatic heterocycles. The number of likely N-dealkylation sites (tertiary alicyclic amines) is 1. The third-order valence-electron chi connectivity index (χ3n) is 5.45. The molecule has 3 N–H and O–H groups in total. The van der Waals surface area contributed by atoms with Crippen LogP contribution in [0.3, 0.4) is 0 Å². The molecule has 1 fully saturated rings. The first-order chi connectivity index (χ1) is 11.0. The number of fused-ring (bicyclic) bond motifs is 2. The Hall–Kier alpha value is -1.85. The zero-order chi connectivity index (χ0) is 16.1. The van der Waals surface area contributed by atoms with Crippen LogP contribution in [0, 0.1) is 5.92 Å². The first-order valence-corrected chi connectivity index (χ1v) is 8.32. The molecule has 23 heavy (non-hydrogen) atoms. The van der Waals surface area contributed by atoms with Gasteiger partial charge in [0.1, 0.15) is 6.23 Å². The number of nitrogens with zero attached hydrogens (tertiary/aromatic N) is 1. The quantitative estimate of drug-likeness (QED) is 0.738. The molecule has 4 rings (SSSR count). The predicted octanol–water partition coefficient (Wildman–Crippen LogP) is 1.58. The number of aromatic amines is 1. The molecular formula is C18H23N3O2. The Morgan fingerprint density at radius 3 is 3.09 bits per heavy atom. The molecule has 4 unspecified atom stereocenters. The van der Waals surface area contributed by atoms with Crippen LogP contribution >= 0.6 is 0 Å². The van der Waals surface area contributed by atoms with Crippen molar-refractivity contribution in [2.75, 3.05) is 13.6 Å². The molecule has 2 aliphatic rings. The van der Waals surface area contributed by atoms with E-state index in [0.717, 1.165) is 19.4 Å². The second kappa shape index (κ2) is 5.35. The normalized spacial score (nSPS) is 28.4. The van der Waals surface area contributed by atoms with Crippen molar-refractivity contribution >= 4 is 16.8 Å². The molecule has 1 aromatic carbocycles. The number of carbonyl (C=O) groups excluding carboxylic acids is 1. The molecule has 0 radical (unpaired) electrons. The monoisotopic (exact) mass is 313 g/mol. The van der Waals surface area contributed by atoms with Crippen LogP contribution < -0.4 is 5.32 Å². The first kappa shape index (κ1) is 14.7. The summed E-state index contributed by atoms with van der Waals surface area (Å²) in [4.78, 5) is 18.1. The van der Waals surface area contributed by atoms with Gasteiger partial charge in [-0.05, 0) is 44.0 Å². The lowest BCUT2D eigenvalue weighted by molar-refractivity contribution is -0.130. The van der Waals surface area contributed by atoms with Crippen LogP contribution in [0.25, 0.3) is 10.9 Å². The Labute approximate surface area is 135 Å². The highest BCUT2D eigenvalue weighted by Gasteiger charge is 2.41. The zero-order valence-electron chi connectivity index (χ0n) is 13.5. The Bertz CT molecular complexity index is 752. The lowest BCUT2D eigenvalue weighted by atomic mass is 9.72. The number of hydrogen-bond donors (Lipinski definition) is 3. The van der Waals surface area contributed by atoms with Crippen LogP contribution in [0.4, 0.5) is 0 Å². The molecule has 1 saturated heterocycles. The maximum atomic E-state index is 12.4. The van der Waals surface area contributed by atoms with E-state index in [1.807, 2.05) is 0 Å². The van der Waals surface area contributed by atoms with Crippen molar-refractivity contribution in [1.82, 2.24) is 15.2 Å². The molecule has 0 saturated carbocycles.